The molecule has 0 saturated heterocycles. The van der Waals surface area contributed by atoms with Gasteiger partial charge in [0, 0.05) is 0 Å². The second-order valence-corrected chi connectivity index (χ2v) is 4.18. The van der Waals surface area contributed by atoms with E-state index in [9.17, 15) is 0 Å². The number of carbonyl (C=O) groups is 1. The number of aliphatic hydroxyl groups is 1. The van der Waals surface area contributed by atoms with Crippen LogP contribution in [0.5, 0.6) is 0 Å². The summed E-state index contributed by atoms with van der Waals surface area (Å²) in [4.78, 5) is 8.95. The Balaban J connectivity index is -0.000000119. The van der Waals surface area contributed by atoms with Gasteiger partial charge in [-0.1, -0.05) is 53.3 Å². The molecule has 0 unspecified atom stereocenters. The number of aliphatic hydroxyl groups excluding tert-OH is 1. The number of carbonyl (C=O) groups excluding carboxylic acids is 1. The number of methoxy groups -OCH3 is 1. The van der Waals surface area contributed by atoms with Crippen LogP contribution >= 0.6 is 0 Å². The second kappa shape index (κ2) is 31.1. The van der Waals surface area contributed by atoms with Crippen LogP contribution in [0.2, 0.25) is 0 Å². The third-order valence-corrected chi connectivity index (χ3v) is 1.27. The van der Waals surface area contributed by atoms with E-state index >= 15 is 0 Å². The molecular formula is C17H35NO3. The van der Waals surface area contributed by atoms with Crippen LogP contribution in [0.25, 0.3) is 0 Å². The molecule has 0 aliphatic carbocycles. The molecule has 0 aliphatic rings. The number of nitrogens with one attached hydrogen (secondary N) is 1. The molecule has 0 aromatic carbocycles. The van der Waals surface area contributed by atoms with Crippen molar-refractivity contribution in [3.05, 3.63) is 36.6 Å². The summed E-state index contributed by atoms with van der Waals surface area (Å²) in [7, 11) is 3.22. The Hall–Kier alpha value is -1.55. The molecule has 0 radical (unpaired) electrons. The van der Waals surface area contributed by atoms with Crippen molar-refractivity contribution < 1.29 is 14.6 Å². The summed E-state index contributed by atoms with van der Waals surface area (Å²) < 4.78 is 3.86. The molecule has 0 atom stereocenters. The number of rotatable bonds is 6. The Bertz CT molecular complexity index is 244. The molecule has 126 valence electrons. The first-order valence-electron chi connectivity index (χ1n) is 7.25. The summed E-state index contributed by atoms with van der Waals surface area (Å²) in [6.45, 7) is 15.2. The zero-order chi connectivity index (χ0) is 17.5. The van der Waals surface area contributed by atoms with Gasteiger partial charge in [-0.25, -0.2) is 0 Å². The summed E-state index contributed by atoms with van der Waals surface area (Å²) in [5, 5.41) is 11.9. The molecule has 0 aromatic heterocycles. The summed E-state index contributed by atoms with van der Waals surface area (Å²) in [5.41, 5.74) is 0. The van der Waals surface area contributed by atoms with Crippen molar-refractivity contribution in [2.45, 2.75) is 41.0 Å². The van der Waals surface area contributed by atoms with E-state index in [0.717, 1.165) is 18.9 Å². The van der Waals surface area contributed by atoms with Crippen LogP contribution in [-0.2, 0) is 9.53 Å². The Labute approximate surface area is 131 Å². The monoisotopic (exact) mass is 301 g/mol. The van der Waals surface area contributed by atoms with Crippen molar-refractivity contribution in [3.8, 4) is 0 Å². The highest BCUT2D eigenvalue weighted by molar-refractivity contribution is 5.36. The maximum absolute atomic E-state index is 8.95. The van der Waals surface area contributed by atoms with E-state index in [4.69, 9.17) is 9.90 Å². The lowest BCUT2D eigenvalue weighted by molar-refractivity contribution is -0.126. The van der Waals surface area contributed by atoms with Crippen LogP contribution < -0.4 is 5.32 Å². The van der Waals surface area contributed by atoms with Gasteiger partial charge in [0.25, 0.3) is 6.47 Å². The third-order valence-electron chi connectivity index (χ3n) is 1.27. The number of ether oxygens (including phenoxy) is 1. The predicted octanol–water partition coefficient (Wildman–Crippen LogP) is 4.26. The van der Waals surface area contributed by atoms with Gasteiger partial charge >= 0.3 is 0 Å². The highest BCUT2D eigenvalue weighted by atomic mass is 16.5. The van der Waals surface area contributed by atoms with Crippen molar-refractivity contribution in [2.24, 2.45) is 5.92 Å². The summed E-state index contributed by atoms with van der Waals surface area (Å²) in [6.07, 6.45) is 7.78. The fraction of sp³-hybridized carbons (Fsp3) is 0.588. The topological polar surface area (TPSA) is 58.6 Å². The zero-order valence-electron chi connectivity index (χ0n) is 14.8. The third kappa shape index (κ3) is 69.9. The van der Waals surface area contributed by atoms with Gasteiger partial charge in [0.05, 0.1) is 7.11 Å². The Morgan fingerprint density at radius 2 is 1.76 bits per heavy atom. The smallest absolute Gasteiger partial charge is 0.292 e. The molecule has 0 heterocycles. The van der Waals surface area contributed by atoms with Crippen LogP contribution in [0.4, 0.5) is 0 Å². The fourth-order valence-corrected chi connectivity index (χ4v) is 0.559. The first kappa shape index (κ1) is 27.7. The van der Waals surface area contributed by atoms with E-state index in [1.54, 1.807) is 6.08 Å². The zero-order valence-corrected chi connectivity index (χ0v) is 14.8. The molecule has 0 amide bonds. The lowest BCUT2D eigenvalue weighted by Gasteiger charge is -1.89. The normalized spacial score (nSPS) is 9.43. The minimum Gasteiger partial charge on any atom is -0.508 e. The van der Waals surface area contributed by atoms with Crippen LogP contribution in [0.15, 0.2) is 36.6 Å². The van der Waals surface area contributed by atoms with Gasteiger partial charge in [0.1, 0.15) is 5.76 Å². The molecule has 0 fully saturated rings. The van der Waals surface area contributed by atoms with Crippen molar-refractivity contribution in [2.75, 3.05) is 20.7 Å². The van der Waals surface area contributed by atoms with Crippen molar-refractivity contribution >= 4 is 6.47 Å². The minimum absolute atomic E-state index is 0.200. The van der Waals surface area contributed by atoms with Gasteiger partial charge in [-0.3, -0.25) is 4.79 Å². The Kier molecular flexibility index (Phi) is 41.0. The van der Waals surface area contributed by atoms with Gasteiger partial charge in [0.2, 0.25) is 0 Å². The van der Waals surface area contributed by atoms with E-state index in [2.05, 4.69) is 37.4 Å². The van der Waals surface area contributed by atoms with Crippen LogP contribution in [0.1, 0.15) is 41.0 Å². The Morgan fingerprint density at radius 3 is 2.05 bits per heavy atom. The standard InChI is InChI=1S/C9H15NO.C4H10.C2H4O2.C2H6/c1-3-9(11)7-5-4-6-8-10-2;1-4(2)3;1-4-2-3;1-2/h3-5,7,10-11H,1,6,8H2,2H3;4H,1-3H3;2H,1H3;1-2H3/b5-4+,9-7+;;;. The maximum atomic E-state index is 8.95. The molecule has 4 heteroatoms. The van der Waals surface area contributed by atoms with Crippen molar-refractivity contribution in [1.82, 2.24) is 5.32 Å². The van der Waals surface area contributed by atoms with Crippen LogP contribution in [-0.4, -0.2) is 32.3 Å². The largest absolute Gasteiger partial charge is 0.508 e. The molecule has 0 spiro atoms. The highest BCUT2D eigenvalue weighted by Gasteiger charge is 1.77. The van der Waals surface area contributed by atoms with Gasteiger partial charge in [-0.15, -0.1) is 0 Å². The second-order valence-electron chi connectivity index (χ2n) is 4.18. The molecular weight excluding hydrogens is 266 g/mol. The lowest BCUT2D eigenvalue weighted by Crippen LogP contribution is -2.05. The van der Waals surface area contributed by atoms with E-state index < -0.39 is 0 Å². The van der Waals surface area contributed by atoms with Gasteiger partial charge < -0.3 is 15.2 Å². The quantitative estimate of drug-likeness (QED) is 0.333. The van der Waals surface area contributed by atoms with E-state index in [-0.39, 0.29) is 5.76 Å². The van der Waals surface area contributed by atoms with Crippen LogP contribution in [0.3, 0.4) is 0 Å². The molecule has 0 saturated carbocycles. The Morgan fingerprint density at radius 1 is 1.33 bits per heavy atom. The molecule has 0 aromatic rings. The van der Waals surface area contributed by atoms with Crippen molar-refractivity contribution in [1.29, 1.82) is 0 Å². The summed E-state index contributed by atoms with van der Waals surface area (Å²) in [6, 6.07) is 0. The van der Waals surface area contributed by atoms with Gasteiger partial charge in [-0.05, 0) is 38.1 Å². The number of hydrogen-bond donors (Lipinski definition) is 2. The first-order chi connectivity index (χ1) is 9.95. The van der Waals surface area contributed by atoms with Gasteiger partial charge in [0.15, 0.2) is 0 Å². The van der Waals surface area contributed by atoms with E-state index in [0.29, 0.717) is 6.47 Å². The average molecular weight is 301 g/mol. The maximum Gasteiger partial charge on any atom is 0.292 e. The number of hydrogen-bond acceptors (Lipinski definition) is 4. The lowest BCUT2D eigenvalue weighted by atomic mass is 10.3. The first-order valence-corrected chi connectivity index (χ1v) is 7.25. The fourth-order valence-electron chi connectivity index (χ4n) is 0.559. The molecule has 0 aliphatic heterocycles. The molecule has 4 nitrogen and oxygen atoms in total. The van der Waals surface area contributed by atoms with Crippen LogP contribution in [0, 0.1) is 5.92 Å². The van der Waals surface area contributed by atoms with E-state index in [1.807, 2.05) is 33.0 Å². The number of allylic oxidation sites excluding steroid dienone is 3. The van der Waals surface area contributed by atoms with E-state index in [1.165, 1.54) is 13.2 Å². The van der Waals surface area contributed by atoms with Crippen molar-refractivity contribution in [3.63, 3.8) is 0 Å². The minimum atomic E-state index is 0.200. The molecule has 0 rings (SSSR count). The molecule has 0 bridgehead atoms. The predicted molar refractivity (Wildman–Crippen MR) is 93.5 cm³/mol. The summed E-state index contributed by atoms with van der Waals surface area (Å²) >= 11 is 0. The molecule has 21 heavy (non-hydrogen) atoms. The van der Waals surface area contributed by atoms with Gasteiger partial charge in [-0.2, -0.15) is 0 Å². The summed E-state index contributed by atoms with van der Waals surface area (Å²) in [5.74, 6) is 1.03. The highest BCUT2D eigenvalue weighted by Crippen LogP contribution is 1.89. The molecule has 2 N–H and O–H groups in total. The SMILES string of the molecule is C=C/C(O)=C\C=C\CCNC.CC.CC(C)C.COC=O. The average Bonchev–Trinajstić information content (AvgIpc) is 2.48.